The Morgan fingerprint density at radius 2 is 2.33 bits per heavy atom. The Balaban J connectivity index is 2.76. The molecule has 0 aliphatic rings. The SMILES string of the molecule is COc1ccc(F)c2[nH]cc(CC#N)c12. The lowest BCUT2D eigenvalue weighted by Gasteiger charge is -2.03. The zero-order chi connectivity index (χ0) is 10.8. The lowest BCUT2D eigenvalue weighted by molar-refractivity contribution is 0.419. The molecule has 2 rings (SSSR count). The van der Waals surface area contributed by atoms with Gasteiger partial charge in [-0.2, -0.15) is 5.26 Å². The summed E-state index contributed by atoms with van der Waals surface area (Å²) < 4.78 is 18.5. The topological polar surface area (TPSA) is 48.8 Å². The third kappa shape index (κ3) is 1.42. The molecule has 15 heavy (non-hydrogen) atoms. The fourth-order valence-corrected chi connectivity index (χ4v) is 1.64. The predicted octanol–water partition coefficient (Wildman–Crippen LogP) is 2.38. The molecule has 1 aromatic heterocycles. The van der Waals surface area contributed by atoms with Gasteiger partial charge in [-0.25, -0.2) is 4.39 Å². The number of H-pyrrole nitrogens is 1. The molecular formula is C11H9FN2O. The number of nitrogens with zero attached hydrogens (tertiary/aromatic N) is 1. The maximum absolute atomic E-state index is 13.4. The molecule has 0 amide bonds. The second kappa shape index (κ2) is 3.62. The van der Waals surface area contributed by atoms with E-state index in [0.717, 1.165) is 5.56 Å². The van der Waals surface area contributed by atoms with E-state index in [0.29, 0.717) is 16.7 Å². The second-order valence-electron chi connectivity index (χ2n) is 3.15. The highest BCUT2D eigenvalue weighted by Crippen LogP contribution is 2.30. The molecule has 0 aliphatic heterocycles. The summed E-state index contributed by atoms with van der Waals surface area (Å²) in [5.41, 5.74) is 1.14. The Labute approximate surface area is 86.1 Å². The standard InChI is InChI=1S/C11H9FN2O/c1-15-9-3-2-8(12)11-10(9)7(4-5-13)6-14-11/h2-3,6,14H,4H2,1H3. The number of nitrogens with one attached hydrogen (secondary N) is 1. The summed E-state index contributed by atoms with van der Waals surface area (Å²) in [6.07, 6.45) is 1.87. The number of aromatic nitrogens is 1. The highest BCUT2D eigenvalue weighted by Gasteiger charge is 2.12. The summed E-state index contributed by atoms with van der Waals surface area (Å²) >= 11 is 0. The van der Waals surface area contributed by atoms with Crippen LogP contribution in [0.3, 0.4) is 0 Å². The predicted molar refractivity (Wildman–Crippen MR) is 54.1 cm³/mol. The number of fused-ring (bicyclic) bond motifs is 1. The molecule has 76 valence electrons. The van der Waals surface area contributed by atoms with E-state index in [1.807, 2.05) is 6.07 Å². The van der Waals surface area contributed by atoms with E-state index >= 15 is 0 Å². The van der Waals surface area contributed by atoms with Crippen LogP contribution in [0.5, 0.6) is 5.75 Å². The minimum absolute atomic E-state index is 0.236. The van der Waals surface area contributed by atoms with Crippen LogP contribution in [-0.4, -0.2) is 12.1 Å². The molecule has 0 fully saturated rings. The van der Waals surface area contributed by atoms with Gasteiger partial charge in [-0.1, -0.05) is 0 Å². The molecule has 4 heteroatoms. The van der Waals surface area contributed by atoms with Crippen molar-refractivity contribution in [3.05, 3.63) is 29.7 Å². The van der Waals surface area contributed by atoms with Crippen molar-refractivity contribution in [3.63, 3.8) is 0 Å². The van der Waals surface area contributed by atoms with Crippen LogP contribution in [0.2, 0.25) is 0 Å². The molecule has 0 spiro atoms. The molecule has 0 saturated carbocycles. The van der Waals surface area contributed by atoms with Gasteiger partial charge >= 0.3 is 0 Å². The van der Waals surface area contributed by atoms with Gasteiger partial charge in [0.2, 0.25) is 0 Å². The van der Waals surface area contributed by atoms with Crippen LogP contribution in [0.25, 0.3) is 10.9 Å². The average Bonchev–Trinajstić information content (AvgIpc) is 2.65. The van der Waals surface area contributed by atoms with Crippen LogP contribution < -0.4 is 4.74 Å². The lowest BCUT2D eigenvalue weighted by Crippen LogP contribution is -1.88. The molecule has 0 unspecified atom stereocenters. The molecular weight excluding hydrogens is 195 g/mol. The summed E-state index contributed by atoms with van der Waals surface area (Å²) in [5, 5.41) is 9.28. The maximum atomic E-state index is 13.4. The Kier molecular flexibility index (Phi) is 2.30. The fourth-order valence-electron chi connectivity index (χ4n) is 1.64. The van der Waals surface area contributed by atoms with Gasteiger partial charge in [0.05, 0.1) is 25.1 Å². The first-order chi connectivity index (χ1) is 7.27. The first kappa shape index (κ1) is 9.53. The van der Waals surface area contributed by atoms with Crippen molar-refractivity contribution < 1.29 is 9.13 Å². The number of rotatable bonds is 2. The van der Waals surface area contributed by atoms with Crippen molar-refractivity contribution in [1.29, 1.82) is 5.26 Å². The number of halogens is 1. The highest BCUT2D eigenvalue weighted by atomic mass is 19.1. The monoisotopic (exact) mass is 204 g/mol. The summed E-state index contributed by atoms with van der Waals surface area (Å²) in [7, 11) is 1.52. The first-order valence-electron chi connectivity index (χ1n) is 4.47. The molecule has 1 aromatic carbocycles. The van der Waals surface area contributed by atoms with Gasteiger partial charge in [0.15, 0.2) is 0 Å². The number of hydrogen-bond acceptors (Lipinski definition) is 2. The van der Waals surface area contributed by atoms with Crippen LogP contribution in [-0.2, 0) is 6.42 Å². The van der Waals surface area contributed by atoms with E-state index in [1.54, 1.807) is 12.3 Å². The molecule has 0 saturated heterocycles. The molecule has 0 radical (unpaired) electrons. The zero-order valence-corrected chi connectivity index (χ0v) is 8.17. The van der Waals surface area contributed by atoms with E-state index < -0.39 is 0 Å². The largest absolute Gasteiger partial charge is 0.496 e. The van der Waals surface area contributed by atoms with E-state index in [1.165, 1.54) is 13.2 Å². The van der Waals surface area contributed by atoms with Crippen molar-refractivity contribution in [2.75, 3.05) is 7.11 Å². The van der Waals surface area contributed by atoms with Crippen LogP contribution in [0, 0.1) is 17.1 Å². The van der Waals surface area contributed by atoms with Crippen molar-refractivity contribution >= 4 is 10.9 Å². The van der Waals surface area contributed by atoms with E-state index in [-0.39, 0.29) is 12.2 Å². The van der Waals surface area contributed by atoms with Crippen molar-refractivity contribution in [1.82, 2.24) is 4.98 Å². The maximum Gasteiger partial charge on any atom is 0.147 e. The average molecular weight is 204 g/mol. The third-order valence-electron chi connectivity index (χ3n) is 2.32. The smallest absolute Gasteiger partial charge is 0.147 e. The van der Waals surface area contributed by atoms with Crippen LogP contribution in [0.4, 0.5) is 4.39 Å². The Morgan fingerprint density at radius 1 is 1.53 bits per heavy atom. The zero-order valence-electron chi connectivity index (χ0n) is 8.17. The Hall–Kier alpha value is -2.02. The van der Waals surface area contributed by atoms with Gasteiger partial charge in [-0.3, -0.25) is 0 Å². The lowest BCUT2D eigenvalue weighted by atomic mass is 10.1. The van der Waals surface area contributed by atoms with Crippen LogP contribution in [0.15, 0.2) is 18.3 Å². The van der Waals surface area contributed by atoms with Crippen LogP contribution in [0.1, 0.15) is 5.56 Å². The minimum Gasteiger partial charge on any atom is -0.496 e. The van der Waals surface area contributed by atoms with Gasteiger partial charge in [-0.15, -0.1) is 0 Å². The number of nitriles is 1. The van der Waals surface area contributed by atoms with Crippen molar-refractivity contribution in [3.8, 4) is 11.8 Å². The minimum atomic E-state index is -0.338. The number of benzene rings is 1. The van der Waals surface area contributed by atoms with Gasteiger partial charge in [0.25, 0.3) is 0 Å². The van der Waals surface area contributed by atoms with Gasteiger partial charge in [0, 0.05) is 11.6 Å². The first-order valence-corrected chi connectivity index (χ1v) is 4.47. The quantitative estimate of drug-likeness (QED) is 0.816. The third-order valence-corrected chi connectivity index (χ3v) is 2.32. The normalized spacial score (nSPS) is 10.2. The summed E-state index contributed by atoms with van der Waals surface area (Å²) in [4.78, 5) is 2.81. The molecule has 0 atom stereocenters. The van der Waals surface area contributed by atoms with Crippen molar-refractivity contribution in [2.24, 2.45) is 0 Å². The molecule has 0 aliphatic carbocycles. The number of aromatic amines is 1. The van der Waals surface area contributed by atoms with E-state index in [4.69, 9.17) is 10.00 Å². The van der Waals surface area contributed by atoms with Crippen molar-refractivity contribution in [2.45, 2.75) is 6.42 Å². The van der Waals surface area contributed by atoms with Gasteiger partial charge in [-0.05, 0) is 17.7 Å². The molecule has 1 heterocycles. The summed E-state index contributed by atoms with van der Waals surface area (Å²) in [6, 6.07) is 4.94. The molecule has 2 aromatic rings. The van der Waals surface area contributed by atoms with E-state index in [9.17, 15) is 4.39 Å². The van der Waals surface area contributed by atoms with Gasteiger partial charge in [0.1, 0.15) is 11.6 Å². The van der Waals surface area contributed by atoms with Gasteiger partial charge < -0.3 is 9.72 Å². The molecule has 1 N–H and O–H groups in total. The molecule has 3 nitrogen and oxygen atoms in total. The fraction of sp³-hybridized carbons (Fsp3) is 0.182. The van der Waals surface area contributed by atoms with E-state index in [2.05, 4.69) is 4.98 Å². The number of hydrogen-bond donors (Lipinski definition) is 1. The summed E-state index contributed by atoms with van der Waals surface area (Å²) in [5.74, 6) is 0.243. The summed E-state index contributed by atoms with van der Waals surface area (Å²) in [6.45, 7) is 0. The highest BCUT2D eigenvalue weighted by molar-refractivity contribution is 5.90. The molecule has 0 bridgehead atoms. The second-order valence-corrected chi connectivity index (χ2v) is 3.15. The number of ether oxygens (including phenoxy) is 1. The van der Waals surface area contributed by atoms with Crippen LogP contribution >= 0.6 is 0 Å². The Bertz CT molecular complexity index is 539. The number of methoxy groups -OCH3 is 1. The Morgan fingerprint density at radius 3 is 3.00 bits per heavy atom.